The molecular formula is C89H120O10S4. The van der Waals surface area contributed by atoms with Crippen molar-refractivity contribution in [3.63, 3.8) is 0 Å². The number of fused-ring (bicyclic) bond motifs is 14. The van der Waals surface area contributed by atoms with Crippen LogP contribution in [0.25, 0.3) is 32.3 Å². The Labute approximate surface area is 635 Å². The number of phenols is 3. The molecule has 0 saturated carbocycles. The molecule has 103 heavy (non-hydrogen) atoms. The lowest BCUT2D eigenvalue weighted by Gasteiger charge is -2.27. The van der Waals surface area contributed by atoms with Gasteiger partial charge in [-0.1, -0.05) is 229 Å². The van der Waals surface area contributed by atoms with E-state index in [-0.39, 0.29) is 38.9 Å². The van der Waals surface area contributed by atoms with Gasteiger partial charge >= 0.3 is 0 Å². The van der Waals surface area contributed by atoms with Crippen LogP contribution in [0.1, 0.15) is 262 Å². The Bertz CT molecular complexity index is 3980. The van der Waals surface area contributed by atoms with Crippen LogP contribution < -0.4 is 33.2 Å². The second kappa shape index (κ2) is 37.0. The molecule has 0 aromatic heterocycles. The van der Waals surface area contributed by atoms with Crippen LogP contribution in [0.15, 0.2) is 124 Å². The summed E-state index contributed by atoms with van der Waals surface area (Å²) >= 11 is 5.77. The van der Waals surface area contributed by atoms with Crippen molar-refractivity contribution in [1.82, 2.24) is 0 Å². The molecule has 1 aliphatic rings. The maximum atomic E-state index is 12.6. The summed E-state index contributed by atoms with van der Waals surface area (Å²) in [7, 11) is 0. The van der Waals surface area contributed by atoms with Gasteiger partial charge in [-0.2, -0.15) is 0 Å². The highest BCUT2D eigenvalue weighted by molar-refractivity contribution is 8.01. The van der Waals surface area contributed by atoms with Crippen LogP contribution in [0.5, 0.6) is 57.5 Å². The number of ether oxygens (including phenoxy) is 7. The Morgan fingerprint density at radius 2 is 0.408 bits per heavy atom. The molecule has 8 aromatic carbocycles. The maximum Gasteiger partial charge on any atom is 0.161 e. The van der Waals surface area contributed by atoms with Gasteiger partial charge in [0.05, 0.1) is 85.4 Å². The number of unbranched alkanes of at least 4 members (excludes halogenated alkanes) is 13. The smallest absolute Gasteiger partial charge is 0.161 e. The molecule has 10 nitrogen and oxygen atoms in total. The zero-order chi connectivity index (χ0) is 74.2. The lowest BCUT2D eigenvalue weighted by atomic mass is 9.87. The molecule has 3 N–H and O–H groups in total. The van der Waals surface area contributed by atoms with Crippen LogP contribution >= 0.6 is 47.0 Å². The summed E-state index contributed by atoms with van der Waals surface area (Å²) in [4.78, 5) is 5.69. The Morgan fingerprint density at radius 1 is 0.233 bits per heavy atom. The van der Waals surface area contributed by atoms with Crippen LogP contribution in [0, 0.1) is 0 Å². The molecule has 14 heteroatoms. The van der Waals surface area contributed by atoms with E-state index in [9.17, 15) is 15.3 Å². The molecule has 8 bridgehead atoms. The lowest BCUT2D eigenvalue weighted by Crippen LogP contribution is -2.13. The molecule has 0 radical (unpaired) electrons. The van der Waals surface area contributed by atoms with E-state index in [1.54, 1.807) is 0 Å². The van der Waals surface area contributed by atoms with Gasteiger partial charge in [0.25, 0.3) is 0 Å². The van der Waals surface area contributed by atoms with Gasteiger partial charge in [-0.15, -0.1) is 0 Å². The van der Waals surface area contributed by atoms with Crippen molar-refractivity contribution in [3.8, 4) is 57.5 Å². The first-order valence-electron chi connectivity index (χ1n) is 38.6. The predicted molar refractivity (Wildman–Crippen MR) is 436 cm³/mol. The summed E-state index contributed by atoms with van der Waals surface area (Å²) < 4.78 is 47.7. The predicted octanol–water partition coefficient (Wildman–Crippen LogP) is 27.2. The van der Waals surface area contributed by atoms with E-state index in [4.69, 9.17) is 33.2 Å². The Balaban J connectivity index is 1.06. The molecule has 0 unspecified atom stereocenters. The van der Waals surface area contributed by atoms with E-state index >= 15 is 0 Å². The summed E-state index contributed by atoms with van der Waals surface area (Å²) in [6.07, 6.45) is 19.1. The molecule has 0 aliphatic carbocycles. The summed E-state index contributed by atoms with van der Waals surface area (Å²) in [6.45, 7) is 41.4. The van der Waals surface area contributed by atoms with Crippen molar-refractivity contribution in [2.24, 2.45) is 0 Å². The van der Waals surface area contributed by atoms with E-state index < -0.39 is 0 Å². The topological polar surface area (TPSA) is 125 Å². The fourth-order valence-electron chi connectivity index (χ4n) is 12.6. The molecule has 8 aromatic rings. The van der Waals surface area contributed by atoms with Crippen molar-refractivity contribution < 1.29 is 48.5 Å². The first kappa shape index (κ1) is 81.0. The van der Waals surface area contributed by atoms with Crippen LogP contribution in [0.2, 0.25) is 0 Å². The summed E-state index contributed by atoms with van der Waals surface area (Å²) in [5.41, 5.74) is 3.18. The molecule has 1 aliphatic heterocycles. The molecule has 1 heterocycles. The summed E-state index contributed by atoms with van der Waals surface area (Å²) in [5, 5.41) is 43.9. The van der Waals surface area contributed by atoms with Gasteiger partial charge in [0.2, 0.25) is 0 Å². The standard InChI is InChI=1S/C89H120O10S4/c1-18-23-30-37-93-68-52-62-63-53-69(94-38-31-24-19-2)71(96-40-33-26-21-4)55-65(63)67-57-73(72(97-41-34-27-22-5)56-66(67)64(62)54-70(68)95-39-32-25-20-3)98-42-35-28-29-36-43-99-85-80-50-61(89(15,16)17)51-81(85)103-79-49-60(88(12,13)14)47-77(84(79)92)101-75-45-58(86(6,7)8)44-74(82(75)90)100-76-46-59(87(9,10)11)48-78(102-80)83(76)91/h44-57,90-92H,18-43H2,1-17H3. The monoisotopic (exact) mass is 1480 g/mol. The van der Waals surface area contributed by atoms with Crippen molar-refractivity contribution in [1.29, 1.82) is 0 Å². The highest BCUT2D eigenvalue weighted by Gasteiger charge is 2.30. The quantitative estimate of drug-likeness (QED) is 0.0262. The molecule has 0 amide bonds. The molecule has 9 rings (SSSR count). The number of hydrogen-bond acceptors (Lipinski definition) is 14. The zero-order valence-corrected chi connectivity index (χ0v) is 68.6. The van der Waals surface area contributed by atoms with Gasteiger partial charge in [0, 0.05) is 0 Å². The zero-order valence-electron chi connectivity index (χ0n) is 65.3. The maximum absolute atomic E-state index is 12.6. The minimum absolute atomic E-state index is 0.111. The largest absolute Gasteiger partial charge is 0.506 e. The van der Waals surface area contributed by atoms with Gasteiger partial charge in [-0.25, -0.2) is 0 Å². The van der Waals surface area contributed by atoms with Crippen molar-refractivity contribution >= 4 is 79.4 Å². The number of phenolic OH excluding ortho intramolecular Hbond substituents is 3. The number of hydrogen-bond donors (Lipinski definition) is 3. The second-order valence-corrected chi connectivity index (χ2v) is 36.4. The number of benzene rings is 8. The van der Waals surface area contributed by atoms with E-state index in [1.165, 1.54) is 47.0 Å². The third-order valence-corrected chi connectivity index (χ3v) is 23.4. The molecule has 0 saturated heterocycles. The van der Waals surface area contributed by atoms with E-state index in [2.05, 4.69) is 190 Å². The number of rotatable bonds is 34. The second-order valence-electron chi connectivity index (χ2n) is 32.1. The highest BCUT2D eigenvalue weighted by Crippen LogP contribution is 2.57. The van der Waals surface area contributed by atoms with Crippen molar-refractivity contribution in [2.75, 3.05) is 46.2 Å². The number of aromatic hydroxyl groups is 3. The summed E-state index contributed by atoms with van der Waals surface area (Å²) in [6, 6.07) is 30.1. The SMILES string of the molecule is CCCCCOc1cc2c3cc(OCCCCC)c(OCCCCC)cc3c3cc(OCCCCCCOc4c5cc(C(C)(C)C)cc4Sc4cc(C(C)(C)C)cc(c4O)Sc4cc(C(C)(C)C)cc(c4O)Sc4cc(C(C)(C)C)cc(c4O)S5)c(OCCCCC)cc3c2cc1OCCCCC. The van der Waals surface area contributed by atoms with Gasteiger partial charge < -0.3 is 48.5 Å². The van der Waals surface area contributed by atoms with Crippen LogP contribution in [0.4, 0.5) is 0 Å². The third-order valence-electron chi connectivity index (χ3n) is 19.2. The van der Waals surface area contributed by atoms with E-state index in [0.717, 1.165) is 215 Å². The van der Waals surface area contributed by atoms with Crippen molar-refractivity contribution in [2.45, 2.75) is 301 Å². The minimum Gasteiger partial charge on any atom is -0.506 e. The highest BCUT2D eigenvalue weighted by atomic mass is 32.2. The average molecular weight is 1480 g/mol. The average Bonchev–Trinajstić information content (AvgIpc) is 0.725. The molecule has 0 atom stereocenters. The normalized spacial score (nSPS) is 12.9. The Hall–Kier alpha value is -6.06. The first-order chi connectivity index (χ1) is 49.1. The van der Waals surface area contributed by atoms with Crippen molar-refractivity contribution in [3.05, 3.63) is 107 Å². The Kier molecular flexibility index (Phi) is 29.1. The molecule has 0 spiro atoms. The van der Waals surface area contributed by atoms with Crippen LogP contribution in [-0.4, -0.2) is 61.6 Å². The Morgan fingerprint density at radius 3 is 0.602 bits per heavy atom. The fraction of sp³-hybridized carbons (Fsp3) is 0.528. The fourth-order valence-corrected chi connectivity index (χ4v) is 17.0. The molecular weight excluding hydrogens is 1360 g/mol. The van der Waals surface area contributed by atoms with Gasteiger partial charge in [0.1, 0.15) is 23.0 Å². The van der Waals surface area contributed by atoms with Gasteiger partial charge in [-0.3, -0.25) is 0 Å². The van der Waals surface area contributed by atoms with Gasteiger partial charge in [-0.05, 0) is 219 Å². The van der Waals surface area contributed by atoms with E-state index in [0.29, 0.717) is 87.1 Å². The molecule has 0 fully saturated rings. The van der Waals surface area contributed by atoms with Crippen LogP contribution in [-0.2, 0) is 21.7 Å². The van der Waals surface area contributed by atoms with Gasteiger partial charge in [0.15, 0.2) is 34.5 Å². The first-order valence-corrected chi connectivity index (χ1v) is 41.9. The summed E-state index contributed by atoms with van der Waals surface area (Å²) in [5.74, 6) is 5.58. The lowest BCUT2D eigenvalue weighted by molar-refractivity contribution is 0.256. The van der Waals surface area contributed by atoms with Crippen LogP contribution in [0.3, 0.4) is 0 Å². The third kappa shape index (κ3) is 21.4. The molecule has 560 valence electrons. The van der Waals surface area contributed by atoms with E-state index in [1.807, 2.05) is 12.1 Å². The minimum atomic E-state index is -0.271.